The van der Waals surface area contributed by atoms with Gasteiger partial charge < -0.3 is 14.8 Å². The van der Waals surface area contributed by atoms with E-state index in [0.717, 1.165) is 36.4 Å². The average Bonchev–Trinajstić information content (AvgIpc) is 2.38. The molecule has 2 rings (SSSR count). The van der Waals surface area contributed by atoms with Gasteiger partial charge in [-0.25, -0.2) is 0 Å². The molecule has 0 bridgehead atoms. The highest BCUT2D eigenvalue weighted by atomic mass is 16.5. The third-order valence-corrected chi connectivity index (χ3v) is 3.79. The van der Waals surface area contributed by atoms with E-state index in [2.05, 4.69) is 26.1 Å². The van der Waals surface area contributed by atoms with Crippen LogP contribution in [0.4, 0.5) is 0 Å². The molecule has 3 nitrogen and oxygen atoms in total. The van der Waals surface area contributed by atoms with Gasteiger partial charge in [0.15, 0.2) is 0 Å². The topological polar surface area (TPSA) is 30.5 Å². The minimum Gasteiger partial charge on any atom is -0.496 e. The second kappa shape index (κ2) is 5.19. The van der Waals surface area contributed by atoms with Crippen molar-refractivity contribution < 1.29 is 9.47 Å². The van der Waals surface area contributed by atoms with Crippen LogP contribution in [-0.4, -0.2) is 19.3 Å². The fraction of sp³-hybridized carbons (Fsp3) is 0.600. The number of fused-ring (bicyclic) bond motifs is 1. The van der Waals surface area contributed by atoms with Gasteiger partial charge >= 0.3 is 0 Å². The predicted octanol–water partition coefficient (Wildman–Crippen LogP) is 3.30. The molecule has 3 heteroatoms. The Morgan fingerprint density at radius 3 is 2.83 bits per heavy atom. The van der Waals surface area contributed by atoms with Crippen LogP contribution < -0.4 is 14.8 Å². The van der Waals surface area contributed by atoms with Crippen LogP contribution in [-0.2, 0) is 0 Å². The summed E-state index contributed by atoms with van der Waals surface area (Å²) in [7, 11) is 1.71. The quantitative estimate of drug-likeness (QED) is 0.888. The largest absolute Gasteiger partial charge is 0.496 e. The first-order valence-corrected chi connectivity index (χ1v) is 6.73. The van der Waals surface area contributed by atoms with Crippen LogP contribution in [0.5, 0.6) is 11.5 Å². The van der Waals surface area contributed by atoms with E-state index < -0.39 is 0 Å². The Kier molecular flexibility index (Phi) is 3.81. The van der Waals surface area contributed by atoms with E-state index in [1.807, 2.05) is 18.2 Å². The maximum Gasteiger partial charge on any atom is 0.128 e. The van der Waals surface area contributed by atoms with Gasteiger partial charge in [-0.15, -0.1) is 0 Å². The lowest BCUT2D eigenvalue weighted by Gasteiger charge is -2.40. The molecule has 2 unspecified atom stereocenters. The monoisotopic (exact) mass is 249 g/mol. The molecule has 2 atom stereocenters. The molecule has 1 aliphatic rings. The summed E-state index contributed by atoms with van der Waals surface area (Å²) in [5.41, 5.74) is 1.07. The van der Waals surface area contributed by atoms with Crippen molar-refractivity contribution in [2.75, 3.05) is 13.7 Å². The van der Waals surface area contributed by atoms with Gasteiger partial charge in [-0.05, 0) is 32.0 Å². The minimum absolute atomic E-state index is 0.0911. The Morgan fingerprint density at radius 1 is 1.44 bits per heavy atom. The molecule has 1 aliphatic heterocycles. The standard InChI is InChI=1S/C15H23NO2/c1-5-15(3)10-11(16-6-2)14-12(17-4)8-7-9-13(14)18-15/h7-9,11,16H,5-6,10H2,1-4H3. The first-order chi connectivity index (χ1) is 8.63. The molecule has 18 heavy (non-hydrogen) atoms. The summed E-state index contributed by atoms with van der Waals surface area (Å²) < 4.78 is 11.6. The van der Waals surface area contributed by atoms with Crippen LogP contribution in [0.2, 0.25) is 0 Å². The number of ether oxygens (including phenoxy) is 2. The predicted molar refractivity (Wildman–Crippen MR) is 73.4 cm³/mol. The maximum atomic E-state index is 6.17. The van der Waals surface area contributed by atoms with Crippen molar-refractivity contribution in [2.24, 2.45) is 0 Å². The summed E-state index contributed by atoms with van der Waals surface area (Å²) in [4.78, 5) is 0. The molecule has 0 amide bonds. The van der Waals surface area contributed by atoms with Gasteiger partial charge in [0.25, 0.3) is 0 Å². The number of nitrogens with one attached hydrogen (secondary N) is 1. The van der Waals surface area contributed by atoms with Crippen LogP contribution in [0.15, 0.2) is 18.2 Å². The molecule has 0 fully saturated rings. The van der Waals surface area contributed by atoms with Crippen molar-refractivity contribution in [1.82, 2.24) is 5.32 Å². The highest BCUT2D eigenvalue weighted by molar-refractivity contribution is 5.48. The van der Waals surface area contributed by atoms with E-state index in [4.69, 9.17) is 9.47 Å². The second-order valence-electron chi connectivity index (χ2n) is 5.09. The van der Waals surface area contributed by atoms with Gasteiger partial charge in [0.2, 0.25) is 0 Å². The molecule has 0 radical (unpaired) electrons. The Hall–Kier alpha value is -1.22. The Morgan fingerprint density at radius 2 is 2.22 bits per heavy atom. The molecule has 1 N–H and O–H groups in total. The third kappa shape index (κ3) is 2.32. The van der Waals surface area contributed by atoms with Crippen molar-refractivity contribution in [2.45, 2.75) is 45.3 Å². The number of methoxy groups -OCH3 is 1. The Labute approximate surface area is 109 Å². The number of rotatable bonds is 4. The smallest absolute Gasteiger partial charge is 0.128 e. The molecule has 0 aromatic heterocycles. The first-order valence-electron chi connectivity index (χ1n) is 6.73. The lowest BCUT2D eigenvalue weighted by atomic mass is 9.86. The summed E-state index contributed by atoms with van der Waals surface area (Å²) in [6, 6.07) is 6.33. The van der Waals surface area contributed by atoms with E-state index in [9.17, 15) is 0 Å². The normalized spacial score (nSPS) is 26.3. The summed E-state index contributed by atoms with van der Waals surface area (Å²) in [5, 5.41) is 3.54. The van der Waals surface area contributed by atoms with Gasteiger partial charge in [-0.2, -0.15) is 0 Å². The molecule has 1 heterocycles. The van der Waals surface area contributed by atoms with E-state index in [1.54, 1.807) is 7.11 Å². The minimum atomic E-state index is -0.0911. The molecule has 0 spiro atoms. The molecule has 0 saturated carbocycles. The highest BCUT2D eigenvalue weighted by Crippen LogP contribution is 2.45. The van der Waals surface area contributed by atoms with Crippen molar-refractivity contribution >= 4 is 0 Å². The van der Waals surface area contributed by atoms with Gasteiger partial charge in [-0.1, -0.05) is 19.9 Å². The summed E-state index contributed by atoms with van der Waals surface area (Å²) in [6.07, 6.45) is 1.98. The van der Waals surface area contributed by atoms with Crippen LogP contribution in [0.25, 0.3) is 0 Å². The highest BCUT2D eigenvalue weighted by Gasteiger charge is 2.37. The molecular formula is C15H23NO2. The molecule has 1 aromatic carbocycles. The second-order valence-corrected chi connectivity index (χ2v) is 5.09. The van der Waals surface area contributed by atoms with E-state index >= 15 is 0 Å². The van der Waals surface area contributed by atoms with E-state index in [-0.39, 0.29) is 5.60 Å². The number of hydrogen-bond acceptors (Lipinski definition) is 3. The number of hydrogen-bond donors (Lipinski definition) is 1. The van der Waals surface area contributed by atoms with Gasteiger partial charge in [0, 0.05) is 12.5 Å². The zero-order valence-electron chi connectivity index (χ0n) is 11.7. The number of benzene rings is 1. The fourth-order valence-corrected chi connectivity index (χ4v) is 2.61. The van der Waals surface area contributed by atoms with Crippen molar-refractivity contribution in [3.05, 3.63) is 23.8 Å². The molecule has 1 aromatic rings. The zero-order valence-corrected chi connectivity index (χ0v) is 11.7. The van der Waals surface area contributed by atoms with Crippen LogP contribution in [0, 0.1) is 0 Å². The lowest BCUT2D eigenvalue weighted by Crippen LogP contribution is -2.41. The van der Waals surface area contributed by atoms with Crippen LogP contribution in [0.3, 0.4) is 0 Å². The van der Waals surface area contributed by atoms with Gasteiger partial charge in [-0.3, -0.25) is 0 Å². The van der Waals surface area contributed by atoms with Crippen molar-refractivity contribution in [3.63, 3.8) is 0 Å². The van der Waals surface area contributed by atoms with Crippen LogP contribution >= 0.6 is 0 Å². The summed E-state index contributed by atoms with van der Waals surface area (Å²) >= 11 is 0. The Bertz CT molecular complexity index is 419. The first kappa shape index (κ1) is 13.2. The lowest BCUT2D eigenvalue weighted by molar-refractivity contribution is 0.0435. The van der Waals surface area contributed by atoms with Gasteiger partial charge in [0.05, 0.1) is 12.7 Å². The van der Waals surface area contributed by atoms with E-state index in [0.29, 0.717) is 6.04 Å². The Balaban J connectivity index is 2.44. The van der Waals surface area contributed by atoms with Crippen molar-refractivity contribution in [1.29, 1.82) is 0 Å². The average molecular weight is 249 g/mol. The SMILES string of the molecule is CCNC1CC(C)(CC)Oc2cccc(OC)c21. The van der Waals surface area contributed by atoms with Crippen molar-refractivity contribution in [3.8, 4) is 11.5 Å². The summed E-state index contributed by atoms with van der Waals surface area (Å²) in [6.45, 7) is 7.43. The molecule has 100 valence electrons. The zero-order chi connectivity index (χ0) is 13.2. The molecular weight excluding hydrogens is 226 g/mol. The van der Waals surface area contributed by atoms with Crippen LogP contribution in [0.1, 0.15) is 45.2 Å². The van der Waals surface area contributed by atoms with E-state index in [1.165, 1.54) is 0 Å². The summed E-state index contributed by atoms with van der Waals surface area (Å²) in [5.74, 6) is 1.87. The molecule has 0 saturated heterocycles. The van der Waals surface area contributed by atoms with Gasteiger partial charge in [0.1, 0.15) is 17.1 Å². The fourth-order valence-electron chi connectivity index (χ4n) is 2.61. The third-order valence-electron chi connectivity index (χ3n) is 3.79. The maximum absolute atomic E-state index is 6.17. The molecule has 0 aliphatic carbocycles.